The molecule has 0 saturated heterocycles. The van der Waals surface area contributed by atoms with Crippen LogP contribution in [0.4, 0.5) is 0 Å². The topological polar surface area (TPSA) is 70.7 Å². The minimum atomic E-state index is -0.591. The van der Waals surface area contributed by atoms with E-state index in [2.05, 4.69) is 0 Å². The van der Waals surface area contributed by atoms with Crippen molar-refractivity contribution in [1.82, 2.24) is 4.57 Å². The van der Waals surface area contributed by atoms with Gasteiger partial charge in [-0.25, -0.2) is 4.79 Å². The fourth-order valence-electron chi connectivity index (χ4n) is 1.66. The summed E-state index contributed by atoms with van der Waals surface area (Å²) in [6.45, 7) is 1.82. The molecule has 6 heteroatoms. The summed E-state index contributed by atoms with van der Waals surface area (Å²) in [4.78, 5) is 23.0. The van der Waals surface area contributed by atoms with Crippen LogP contribution in [0, 0.1) is 0 Å². The predicted octanol–water partition coefficient (Wildman–Crippen LogP) is 1.17. The Morgan fingerprint density at radius 2 is 2.22 bits per heavy atom. The van der Waals surface area contributed by atoms with Crippen LogP contribution in [0.2, 0.25) is 0 Å². The number of oxazole rings is 1. The molecular formula is C12H13NO5. The van der Waals surface area contributed by atoms with E-state index in [1.165, 1.54) is 11.7 Å². The second kappa shape index (κ2) is 4.95. The van der Waals surface area contributed by atoms with Crippen LogP contribution in [0.25, 0.3) is 11.1 Å². The van der Waals surface area contributed by atoms with Crippen molar-refractivity contribution in [2.24, 2.45) is 0 Å². The van der Waals surface area contributed by atoms with Gasteiger partial charge in [0.25, 0.3) is 0 Å². The van der Waals surface area contributed by atoms with Crippen LogP contribution in [0.3, 0.4) is 0 Å². The number of carbonyl (C=O) groups is 1. The van der Waals surface area contributed by atoms with Gasteiger partial charge in [-0.1, -0.05) is 0 Å². The van der Waals surface area contributed by atoms with Crippen molar-refractivity contribution in [3.05, 3.63) is 28.7 Å². The second-order valence-electron chi connectivity index (χ2n) is 3.59. The molecule has 0 aliphatic rings. The largest absolute Gasteiger partial charge is 0.497 e. The maximum absolute atomic E-state index is 11.6. The summed E-state index contributed by atoms with van der Waals surface area (Å²) in [7, 11) is 1.52. The molecule has 0 amide bonds. The Labute approximate surface area is 103 Å². The van der Waals surface area contributed by atoms with Crippen LogP contribution in [0.15, 0.2) is 27.4 Å². The van der Waals surface area contributed by atoms with Crippen LogP contribution in [-0.2, 0) is 16.1 Å². The highest BCUT2D eigenvalue weighted by molar-refractivity contribution is 5.77. The Morgan fingerprint density at radius 1 is 1.44 bits per heavy atom. The average Bonchev–Trinajstić information content (AvgIpc) is 2.65. The van der Waals surface area contributed by atoms with Gasteiger partial charge < -0.3 is 13.9 Å². The lowest BCUT2D eigenvalue weighted by atomic mass is 10.3. The van der Waals surface area contributed by atoms with Gasteiger partial charge in [-0.05, 0) is 19.1 Å². The molecule has 0 unspecified atom stereocenters. The van der Waals surface area contributed by atoms with E-state index in [4.69, 9.17) is 13.9 Å². The lowest BCUT2D eigenvalue weighted by Gasteiger charge is -2.02. The van der Waals surface area contributed by atoms with Gasteiger partial charge >= 0.3 is 11.7 Å². The Balaban J connectivity index is 2.41. The van der Waals surface area contributed by atoms with Crippen molar-refractivity contribution < 1.29 is 18.7 Å². The number of methoxy groups -OCH3 is 1. The smallest absolute Gasteiger partial charge is 0.420 e. The number of rotatable bonds is 4. The highest BCUT2D eigenvalue weighted by Gasteiger charge is 2.13. The predicted molar refractivity (Wildman–Crippen MR) is 63.7 cm³/mol. The van der Waals surface area contributed by atoms with Gasteiger partial charge in [-0.2, -0.15) is 0 Å². The number of ether oxygens (including phenoxy) is 2. The first-order valence-corrected chi connectivity index (χ1v) is 5.48. The molecule has 0 spiro atoms. The van der Waals surface area contributed by atoms with Gasteiger partial charge in [-0.3, -0.25) is 9.36 Å². The van der Waals surface area contributed by atoms with Crippen molar-refractivity contribution in [3.8, 4) is 5.75 Å². The number of nitrogens with zero attached hydrogens (tertiary/aromatic N) is 1. The highest BCUT2D eigenvalue weighted by atomic mass is 16.5. The lowest BCUT2D eigenvalue weighted by molar-refractivity contribution is -0.143. The van der Waals surface area contributed by atoms with Gasteiger partial charge in [0.15, 0.2) is 5.58 Å². The Hall–Kier alpha value is -2.24. The van der Waals surface area contributed by atoms with E-state index in [0.29, 0.717) is 16.8 Å². The summed E-state index contributed by atoms with van der Waals surface area (Å²) in [5.41, 5.74) is 0.914. The molecule has 0 aliphatic carbocycles. The van der Waals surface area contributed by atoms with Crippen LogP contribution >= 0.6 is 0 Å². The molecule has 0 radical (unpaired) electrons. The molecule has 2 aromatic rings. The minimum absolute atomic E-state index is 0.161. The third kappa shape index (κ3) is 2.22. The summed E-state index contributed by atoms with van der Waals surface area (Å²) in [5.74, 6) is -0.482. The van der Waals surface area contributed by atoms with Gasteiger partial charge in [0.2, 0.25) is 0 Å². The number of hydrogen-bond donors (Lipinski definition) is 0. The zero-order valence-electron chi connectivity index (χ0n) is 10.1. The van der Waals surface area contributed by atoms with Crippen molar-refractivity contribution in [2.45, 2.75) is 13.5 Å². The van der Waals surface area contributed by atoms with E-state index < -0.39 is 11.7 Å². The standard InChI is InChI=1S/C12H13NO5/c1-3-17-11(14)7-13-9-5-4-8(16-2)6-10(9)18-12(13)15/h4-6H,3,7H2,1-2H3. The van der Waals surface area contributed by atoms with E-state index in [1.807, 2.05) is 0 Å². The van der Waals surface area contributed by atoms with Crippen LogP contribution < -0.4 is 10.5 Å². The fourth-order valence-corrected chi connectivity index (χ4v) is 1.66. The molecule has 1 heterocycles. The molecule has 0 atom stereocenters. The molecular weight excluding hydrogens is 238 g/mol. The fraction of sp³-hybridized carbons (Fsp3) is 0.333. The zero-order chi connectivity index (χ0) is 13.1. The Morgan fingerprint density at radius 3 is 2.89 bits per heavy atom. The summed E-state index contributed by atoms with van der Waals surface area (Å²) in [5, 5.41) is 0. The van der Waals surface area contributed by atoms with E-state index in [0.717, 1.165) is 0 Å². The normalized spacial score (nSPS) is 10.6. The Bertz CT molecular complexity index is 625. The first-order chi connectivity index (χ1) is 8.65. The number of fused-ring (bicyclic) bond motifs is 1. The van der Waals surface area contributed by atoms with Crippen LogP contribution in [-0.4, -0.2) is 24.3 Å². The van der Waals surface area contributed by atoms with Gasteiger partial charge in [0.05, 0.1) is 19.2 Å². The first-order valence-electron chi connectivity index (χ1n) is 5.48. The van der Waals surface area contributed by atoms with Crippen LogP contribution in [0.5, 0.6) is 5.75 Å². The van der Waals surface area contributed by atoms with Gasteiger partial charge in [0, 0.05) is 6.07 Å². The Kier molecular flexibility index (Phi) is 3.36. The van der Waals surface area contributed by atoms with Crippen molar-refractivity contribution in [1.29, 1.82) is 0 Å². The number of carbonyl (C=O) groups excluding carboxylic acids is 1. The molecule has 0 N–H and O–H groups in total. The van der Waals surface area contributed by atoms with Crippen molar-refractivity contribution in [2.75, 3.05) is 13.7 Å². The van der Waals surface area contributed by atoms with E-state index in [-0.39, 0.29) is 13.2 Å². The molecule has 96 valence electrons. The summed E-state index contributed by atoms with van der Waals surface area (Å²) in [6.07, 6.45) is 0. The number of esters is 1. The summed E-state index contributed by atoms with van der Waals surface area (Å²) >= 11 is 0. The van der Waals surface area contributed by atoms with E-state index in [1.54, 1.807) is 25.1 Å². The molecule has 1 aromatic carbocycles. The van der Waals surface area contributed by atoms with Crippen LogP contribution in [0.1, 0.15) is 6.92 Å². The SMILES string of the molecule is CCOC(=O)Cn1c(=O)oc2cc(OC)ccc21. The number of aromatic nitrogens is 1. The molecule has 2 rings (SSSR count). The third-order valence-corrected chi connectivity index (χ3v) is 2.47. The van der Waals surface area contributed by atoms with E-state index >= 15 is 0 Å². The molecule has 0 fully saturated rings. The molecule has 18 heavy (non-hydrogen) atoms. The van der Waals surface area contributed by atoms with Gasteiger partial charge in [0.1, 0.15) is 12.3 Å². The molecule has 0 saturated carbocycles. The van der Waals surface area contributed by atoms with E-state index in [9.17, 15) is 9.59 Å². The van der Waals surface area contributed by atoms with Crippen molar-refractivity contribution >= 4 is 17.1 Å². The monoisotopic (exact) mass is 251 g/mol. The average molecular weight is 251 g/mol. The summed E-state index contributed by atoms with van der Waals surface area (Å²) in [6, 6.07) is 4.95. The maximum Gasteiger partial charge on any atom is 0.420 e. The maximum atomic E-state index is 11.6. The molecule has 0 bridgehead atoms. The third-order valence-electron chi connectivity index (χ3n) is 2.47. The van der Waals surface area contributed by atoms with Gasteiger partial charge in [-0.15, -0.1) is 0 Å². The summed E-state index contributed by atoms with van der Waals surface area (Å²) < 4.78 is 16.1. The second-order valence-corrected chi connectivity index (χ2v) is 3.59. The van der Waals surface area contributed by atoms with Crippen molar-refractivity contribution in [3.63, 3.8) is 0 Å². The molecule has 6 nitrogen and oxygen atoms in total. The lowest BCUT2D eigenvalue weighted by Crippen LogP contribution is -2.21. The quantitative estimate of drug-likeness (QED) is 0.763. The molecule has 1 aromatic heterocycles. The zero-order valence-corrected chi connectivity index (χ0v) is 10.1. The number of hydrogen-bond acceptors (Lipinski definition) is 5. The minimum Gasteiger partial charge on any atom is -0.497 e. The number of benzene rings is 1. The first kappa shape index (κ1) is 12.2. The highest BCUT2D eigenvalue weighted by Crippen LogP contribution is 2.19. The molecule has 0 aliphatic heterocycles.